The van der Waals surface area contributed by atoms with Crippen LogP contribution in [0, 0.1) is 11.7 Å². The first-order valence-electron chi connectivity index (χ1n) is 9.21. The van der Waals surface area contributed by atoms with Crippen LogP contribution >= 0.6 is 0 Å². The molecule has 2 aromatic rings. The van der Waals surface area contributed by atoms with Gasteiger partial charge in [0.2, 0.25) is 0 Å². The van der Waals surface area contributed by atoms with E-state index >= 15 is 0 Å². The van der Waals surface area contributed by atoms with Crippen LogP contribution in [0.15, 0.2) is 48.7 Å². The highest BCUT2D eigenvalue weighted by molar-refractivity contribution is 5.92. The zero-order chi connectivity index (χ0) is 18.3. The van der Waals surface area contributed by atoms with Crippen LogP contribution in [0.2, 0.25) is 0 Å². The summed E-state index contributed by atoms with van der Waals surface area (Å²) in [7, 11) is 0. The lowest BCUT2D eigenvalue weighted by Crippen LogP contribution is -2.50. The molecule has 2 atom stereocenters. The predicted octanol–water partition coefficient (Wildman–Crippen LogP) is 3.74. The number of likely N-dealkylation sites (tertiary alicyclic amines) is 1. The third-order valence-electron chi connectivity index (χ3n) is 5.72. The molecule has 1 amide bonds. The van der Waals surface area contributed by atoms with Crippen LogP contribution in [0.3, 0.4) is 0 Å². The molecule has 2 aliphatic heterocycles. The van der Waals surface area contributed by atoms with E-state index in [1.54, 1.807) is 12.3 Å². The number of fused-ring (bicyclic) bond motifs is 1. The molecule has 2 saturated heterocycles. The number of hydrogen-bond donors (Lipinski definition) is 0. The molecule has 136 valence electrons. The Balaban J connectivity index is 1.55. The highest BCUT2D eigenvalue weighted by Crippen LogP contribution is 2.44. The van der Waals surface area contributed by atoms with Gasteiger partial charge in [-0.05, 0) is 69.0 Å². The van der Waals surface area contributed by atoms with Gasteiger partial charge < -0.3 is 9.80 Å². The van der Waals surface area contributed by atoms with Crippen LogP contribution in [0.1, 0.15) is 37.2 Å². The Bertz CT molecular complexity index is 791. The van der Waals surface area contributed by atoms with Crippen LogP contribution in [-0.2, 0) is 0 Å². The predicted molar refractivity (Wildman–Crippen MR) is 99.6 cm³/mol. The largest absolute Gasteiger partial charge is 0.363 e. The molecule has 0 N–H and O–H groups in total. The van der Waals surface area contributed by atoms with Crippen molar-refractivity contribution in [2.75, 3.05) is 18.0 Å². The fourth-order valence-electron chi connectivity index (χ4n) is 4.73. The summed E-state index contributed by atoms with van der Waals surface area (Å²) in [5.41, 5.74) is 1.56. The molecule has 0 bridgehead atoms. The lowest BCUT2D eigenvalue weighted by Gasteiger charge is -2.41. The zero-order valence-electron chi connectivity index (χ0n) is 15.2. The van der Waals surface area contributed by atoms with Crippen molar-refractivity contribution in [1.82, 2.24) is 9.88 Å². The number of anilines is 1. The fourth-order valence-corrected chi connectivity index (χ4v) is 4.73. The molecular formula is C21H24FN3O. The summed E-state index contributed by atoms with van der Waals surface area (Å²) >= 11 is 0. The van der Waals surface area contributed by atoms with Crippen LogP contribution < -0.4 is 4.90 Å². The van der Waals surface area contributed by atoms with Crippen LogP contribution in [0.5, 0.6) is 0 Å². The zero-order valence-corrected chi connectivity index (χ0v) is 15.2. The molecule has 2 aliphatic rings. The van der Waals surface area contributed by atoms with Crippen LogP contribution in [-0.4, -0.2) is 40.5 Å². The number of rotatable bonds is 2. The topological polar surface area (TPSA) is 36.4 Å². The third-order valence-corrected chi connectivity index (χ3v) is 5.72. The van der Waals surface area contributed by atoms with Gasteiger partial charge in [0.05, 0.1) is 0 Å². The fraction of sp³-hybridized carbons (Fsp3) is 0.429. The molecule has 0 spiro atoms. The van der Waals surface area contributed by atoms with E-state index in [4.69, 9.17) is 0 Å². The van der Waals surface area contributed by atoms with Gasteiger partial charge in [-0.3, -0.25) is 9.78 Å². The molecule has 4 nitrogen and oxygen atoms in total. The first-order valence-corrected chi connectivity index (χ1v) is 9.21. The lowest BCUT2D eigenvalue weighted by atomic mass is 9.89. The van der Waals surface area contributed by atoms with Gasteiger partial charge in [-0.15, -0.1) is 0 Å². The molecule has 2 fully saturated rings. The standard InChI is InChI=1S/C21H24FN3O/c1-21(2)13-15-14-24(20(26)18-5-3-4-11-23-18)12-10-19(15)25(21)17-8-6-16(22)7-9-17/h3-9,11,15,19H,10,12-14H2,1-2H3/t15-,19+/m1/s1. The minimum Gasteiger partial charge on any atom is -0.363 e. The van der Waals surface area contributed by atoms with E-state index in [1.807, 2.05) is 29.2 Å². The molecule has 0 saturated carbocycles. The number of hydrogen-bond acceptors (Lipinski definition) is 3. The molecule has 5 heteroatoms. The van der Waals surface area contributed by atoms with Crippen molar-refractivity contribution in [2.45, 2.75) is 38.3 Å². The Kier molecular flexibility index (Phi) is 4.17. The molecule has 26 heavy (non-hydrogen) atoms. The minimum atomic E-state index is -0.210. The Labute approximate surface area is 153 Å². The average molecular weight is 353 g/mol. The van der Waals surface area contributed by atoms with E-state index < -0.39 is 0 Å². The van der Waals surface area contributed by atoms with E-state index in [0.717, 1.165) is 31.6 Å². The monoisotopic (exact) mass is 353 g/mol. The molecule has 0 aliphatic carbocycles. The Morgan fingerprint density at radius 3 is 2.65 bits per heavy atom. The maximum absolute atomic E-state index is 13.3. The minimum absolute atomic E-state index is 0.0158. The first kappa shape index (κ1) is 17.0. The van der Waals surface area contributed by atoms with Gasteiger partial charge >= 0.3 is 0 Å². The number of carbonyl (C=O) groups is 1. The highest BCUT2D eigenvalue weighted by Gasteiger charge is 2.48. The first-order chi connectivity index (χ1) is 12.5. The van der Waals surface area contributed by atoms with Crippen molar-refractivity contribution in [3.8, 4) is 0 Å². The molecule has 1 aromatic heterocycles. The van der Waals surface area contributed by atoms with E-state index in [2.05, 4.69) is 23.7 Å². The van der Waals surface area contributed by atoms with E-state index in [9.17, 15) is 9.18 Å². The Hall–Kier alpha value is -2.43. The number of nitrogens with zero attached hydrogens (tertiary/aromatic N) is 3. The van der Waals surface area contributed by atoms with Gasteiger partial charge in [0.25, 0.3) is 5.91 Å². The lowest BCUT2D eigenvalue weighted by molar-refractivity contribution is 0.0661. The molecular weight excluding hydrogens is 329 g/mol. The SMILES string of the molecule is CC1(C)C[C@@H]2CN(C(=O)c3ccccn3)CC[C@@H]2N1c1ccc(F)cc1. The second-order valence-electron chi connectivity index (χ2n) is 7.95. The van der Waals surface area contributed by atoms with E-state index in [-0.39, 0.29) is 17.3 Å². The van der Waals surface area contributed by atoms with Crippen molar-refractivity contribution in [3.05, 3.63) is 60.2 Å². The van der Waals surface area contributed by atoms with Crippen molar-refractivity contribution >= 4 is 11.6 Å². The number of halogens is 1. The normalized spacial score (nSPS) is 24.4. The molecule has 3 heterocycles. The van der Waals surface area contributed by atoms with E-state index in [0.29, 0.717) is 17.7 Å². The highest BCUT2D eigenvalue weighted by atomic mass is 19.1. The number of piperidine rings is 1. The van der Waals surface area contributed by atoms with Crippen molar-refractivity contribution in [2.24, 2.45) is 5.92 Å². The second kappa shape index (κ2) is 6.38. The van der Waals surface area contributed by atoms with Crippen molar-refractivity contribution in [3.63, 3.8) is 0 Å². The average Bonchev–Trinajstić information content (AvgIpc) is 2.91. The summed E-state index contributed by atoms with van der Waals surface area (Å²) < 4.78 is 13.3. The summed E-state index contributed by atoms with van der Waals surface area (Å²) in [5.74, 6) is 0.219. The summed E-state index contributed by atoms with van der Waals surface area (Å²) in [6.45, 7) is 5.95. The smallest absolute Gasteiger partial charge is 0.272 e. The maximum Gasteiger partial charge on any atom is 0.272 e. The van der Waals surface area contributed by atoms with Gasteiger partial charge in [0.1, 0.15) is 11.5 Å². The van der Waals surface area contributed by atoms with Gasteiger partial charge in [-0.2, -0.15) is 0 Å². The van der Waals surface area contributed by atoms with Crippen molar-refractivity contribution in [1.29, 1.82) is 0 Å². The molecule has 0 radical (unpaired) electrons. The second-order valence-corrected chi connectivity index (χ2v) is 7.95. The number of benzene rings is 1. The van der Waals surface area contributed by atoms with Gasteiger partial charge in [-0.1, -0.05) is 6.07 Å². The van der Waals surface area contributed by atoms with Gasteiger partial charge in [-0.25, -0.2) is 4.39 Å². The van der Waals surface area contributed by atoms with Crippen LogP contribution in [0.25, 0.3) is 0 Å². The van der Waals surface area contributed by atoms with E-state index in [1.165, 1.54) is 12.1 Å². The number of amides is 1. The Morgan fingerprint density at radius 1 is 1.19 bits per heavy atom. The molecule has 4 rings (SSSR count). The number of carbonyl (C=O) groups excluding carboxylic acids is 1. The number of pyridine rings is 1. The molecule has 0 unspecified atom stereocenters. The summed E-state index contributed by atoms with van der Waals surface area (Å²) in [4.78, 5) is 21.3. The van der Waals surface area contributed by atoms with Gasteiger partial charge in [0, 0.05) is 36.6 Å². The van der Waals surface area contributed by atoms with Gasteiger partial charge in [0.15, 0.2) is 0 Å². The third kappa shape index (κ3) is 2.96. The maximum atomic E-state index is 13.3. The quantitative estimate of drug-likeness (QED) is 0.825. The molecule has 1 aromatic carbocycles. The van der Waals surface area contributed by atoms with Crippen molar-refractivity contribution < 1.29 is 9.18 Å². The summed E-state index contributed by atoms with van der Waals surface area (Å²) in [5, 5.41) is 0. The van der Waals surface area contributed by atoms with Crippen LogP contribution in [0.4, 0.5) is 10.1 Å². The summed E-state index contributed by atoms with van der Waals surface area (Å²) in [6.07, 6.45) is 3.60. The Morgan fingerprint density at radius 2 is 1.96 bits per heavy atom. The number of aromatic nitrogens is 1. The summed E-state index contributed by atoms with van der Waals surface area (Å²) in [6, 6.07) is 12.6.